The van der Waals surface area contributed by atoms with Crippen molar-refractivity contribution in [3.8, 4) is 5.75 Å². The van der Waals surface area contributed by atoms with E-state index < -0.39 is 0 Å². The number of nitrogen functional groups attached to an aromatic ring is 1. The van der Waals surface area contributed by atoms with Crippen LogP contribution in [0, 0.1) is 0 Å². The van der Waals surface area contributed by atoms with Crippen molar-refractivity contribution in [3.05, 3.63) is 6.33 Å². The van der Waals surface area contributed by atoms with E-state index in [1.54, 1.807) is 0 Å². The summed E-state index contributed by atoms with van der Waals surface area (Å²) in [5.74, 6) is 6.90. The maximum absolute atomic E-state index is 9.05. The van der Waals surface area contributed by atoms with Gasteiger partial charge in [0.1, 0.15) is 6.33 Å². The van der Waals surface area contributed by atoms with Crippen LogP contribution in [-0.2, 0) is 0 Å². The number of nitrogens with two attached hydrogens (primary N) is 1. The number of nitrogens with one attached hydrogen (secondary N) is 1. The number of hydrazine groups is 1. The van der Waals surface area contributed by atoms with Gasteiger partial charge in [0.05, 0.1) is 13.7 Å². The highest BCUT2D eigenvalue weighted by Gasteiger charge is 2.16. The predicted molar refractivity (Wildman–Crippen MR) is 66.0 cm³/mol. The van der Waals surface area contributed by atoms with Crippen molar-refractivity contribution in [2.24, 2.45) is 5.84 Å². The largest absolute Gasteiger partial charge is 0.490 e. The van der Waals surface area contributed by atoms with Crippen LogP contribution in [0.5, 0.6) is 5.75 Å². The molecule has 0 bridgehead atoms. The van der Waals surface area contributed by atoms with Crippen molar-refractivity contribution < 1.29 is 9.84 Å². The number of aromatic nitrogens is 2. The van der Waals surface area contributed by atoms with Crippen molar-refractivity contribution in [1.29, 1.82) is 0 Å². The van der Waals surface area contributed by atoms with Gasteiger partial charge < -0.3 is 20.2 Å². The van der Waals surface area contributed by atoms with Gasteiger partial charge in [-0.25, -0.2) is 15.8 Å². The molecule has 0 spiro atoms. The highest BCUT2D eigenvalue weighted by Crippen LogP contribution is 2.31. The van der Waals surface area contributed by atoms with Crippen molar-refractivity contribution in [2.75, 3.05) is 37.1 Å². The Hall–Kier alpha value is -1.60. The Balaban J connectivity index is 3.07. The number of anilines is 2. The molecule has 0 aliphatic heterocycles. The molecule has 1 rings (SSSR count). The summed E-state index contributed by atoms with van der Waals surface area (Å²) in [5.41, 5.74) is 2.46. The summed E-state index contributed by atoms with van der Waals surface area (Å²) >= 11 is 0. The molecule has 0 fully saturated rings. The van der Waals surface area contributed by atoms with Crippen molar-refractivity contribution in [1.82, 2.24) is 9.97 Å². The topological polar surface area (TPSA) is 96.5 Å². The van der Waals surface area contributed by atoms with Crippen LogP contribution in [0.15, 0.2) is 6.33 Å². The minimum Gasteiger partial charge on any atom is -0.490 e. The number of aliphatic hydroxyl groups excluding tert-OH is 1. The third-order valence-corrected chi connectivity index (χ3v) is 2.29. The Bertz CT molecular complexity index is 341. The summed E-state index contributed by atoms with van der Waals surface area (Å²) in [5, 5.41) is 9.05. The number of hydrogen-bond donors (Lipinski definition) is 3. The molecule has 1 aromatic heterocycles. The Kier molecular flexibility index (Phi) is 5.44. The summed E-state index contributed by atoms with van der Waals surface area (Å²) in [4.78, 5) is 10.1. The van der Waals surface area contributed by atoms with E-state index in [2.05, 4.69) is 22.3 Å². The lowest BCUT2D eigenvalue weighted by Crippen LogP contribution is -2.29. The van der Waals surface area contributed by atoms with Gasteiger partial charge in [0.25, 0.3) is 0 Å². The molecule has 0 aliphatic carbocycles. The maximum Gasteiger partial charge on any atom is 0.205 e. The van der Waals surface area contributed by atoms with Crippen molar-refractivity contribution in [2.45, 2.75) is 13.3 Å². The highest BCUT2D eigenvalue weighted by atomic mass is 16.5. The van der Waals surface area contributed by atoms with Crippen molar-refractivity contribution >= 4 is 11.6 Å². The van der Waals surface area contributed by atoms with E-state index in [4.69, 9.17) is 15.7 Å². The van der Waals surface area contributed by atoms with Crippen LogP contribution < -0.4 is 20.9 Å². The molecule has 4 N–H and O–H groups in total. The molecule has 96 valence electrons. The average Bonchev–Trinajstić information content (AvgIpc) is 2.37. The summed E-state index contributed by atoms with van der Waals surface area (Å²) in [7, 11) is 1.53. The molecule has 0 radical (unpaired) electrons. The number of ether oxygens (including phenoxy) is 1. The van der Waals surface area contributed by atoms with E-state index in [1.165, 1.54) is 13.4 Å². The van der Waals surface area contributed by atoms with Gasteiger partial charge in [-0.3, -0.25) is 0 Å². The molecule has 0 amide bonds. The quantitative estimate of drug-likeness (QED) is 0.456. The summed E-state index contributed by atoms with van der Waals surface area (Å²) in [6.07, 6.45) is 2.35. The predicted octanol–water partition coefficient (Wildman–Crippen LogP) is -0.0205. The van der Waals surface area contributed by atoms with E-state index >= 15 is 0 Å². The number of nitrogens with zero attached hydrogens (tertiary/aromatic N) is 3. The molecule has 17 heavy (non-hydrogen) atoms. The molecule has 0 aromatic carbocycles. The Labute approximate surface area is 101 Å². The summed E-state index contributed by atoms with van der Waals surface area (Å²) in [6, 6.07) is 0. The van der Waals surface area contributed by atoms with Crippen LogP contribution in [0.2, 0.25) is 0 Å². The minimum absolute atomic E-state index is 0.0541. The second-order valence-electron chi connectivity index (χ2n) is 3.43. The van der Waals surface area contributed by atoms with E-state index in [9.17, 15) is 0 Å². The SMILES string of the molecule is CCCN(CCO)c1ncnc(NN)c1OC. The fourth-order valence-electron chi connectivity index (χ4n) is 1.59. The highest BCUT2D eigenvalue weighted by molar-refractivity contribution is 5.64. The molecule has 0 saturated carbocycles. The van der Waals surface area contributed by atoms with Gasteiger partial charge in [0.2, 0.25) is 5.75 Å². The first-order valence-corrected chi connectivity index (χ1v) is 5.49. The first-order valence-electron chi connectivity index (χ1n) is 5.49. The molecule has 1 aromatic rings. The number of methoxy groups -OCH3 is 1. The maximum atomic E-state index is 9.05. The number of rotatable bonds is 7. The second kappa shape index (κ2) is 6.87. The third-order valence-electron chi connectivity index (χ3n) is 2.29. The molecule has 1 heterocycles. The van der Waals surface area contributed by atoms with Crippen LogP contribution in [0.25, 0.3) is 0 Å². The van der Waals surface area contributed by atoms with Crippen molar-refractivity contribution in [3.63, 3.8) is 0 Å². The first-order chi connectivity index (χ1) is 8.28. The van der Waals surface area contributed by atoms with Gasteiger partial charge >= 0.3 is 0 Å². The van der Waals surface area contributed by atoms with E-state index in [-0.39, 0.29) is 6.61 Å². The first kappa shape index (κ1) is 13.5. The van der Waals surface area contributed by atoms with Gasteiger partial charge in [-0.1, -0.05) is 6.92 Å². The molecule has 7 heteroatoms. The molecule has 0 unspecified atom stereocenters. The minimum atomic E-state index is 0.0541. The van der Waals surface area contributed by atoms with E-state index in [0.29, 0.717) is 23.9 Å². The monoisotopic (exact) mass is 241 g/mol. The van der Waals surface area contributed by atoms with Gasteiger partial charge in [0.15, 0.2) is 11.6 Å². The lowest BCUT2D eigenvalue weighted by molar-refractivity contribution is 0.300. The lowest BCUT2D eigenvalue weighted by atomic mass is 10.3. The molecule has 0 saturated heterocycles. The number of aliphatic hydroxyl groups is 1. The zero-order chi connectivity index (χ0) is 12.7. The molecule has 0 aliphatic rings. The van der Waals surface area contributed by atoms with Gasteiger partial charge in [0, 0.05) is 13.1 Å². The van der Waals surface area contributed by atoms with Gasteiger partial charge in [-0.15, -0.1) is 0 Å². The van der Waals surface area contributed by atoms with Crippen LogP contribution in [0.3, 0.4) is 0 Å². The van der Waals surface area contributed by atoms with Crippen LogP contribution in [-0.4, -0.2) is 41.9 Å². The zero-order valence-electron chi connectivity index (χ0n) is 10.2. The molecule has 7 nitrogen and oxygen atoms in total. The lowest BCUT2D eigenvalue weighted by Gasteiger charge is -2.24. The van der Waals surface area contributed by atoms with Crippen LogP contribution >= 0.6 is 0 Å². The van der Waals surface area contributed by atoms with Gasteiger partial charge in [-0.05, 0) is 6.42 Å². The van der Waals surface area contributed by atoms with Gasteiger partial charge in [-0.2, -0.15) is 0 Å². The van der Waals surface area contributed by atoms with Crippen LogP contribution in [0.4, 0.5) is 11.6 Å². The smallest absolute Gasteiger partial charge is 0.205 e. The normalized spacial score (nSPS) is 10.1. The molecular weight excluding hydrogens is 222 g/mol. The Morgan fingerprint density at radius 3 is 2.76 bits per heavy atom. The zero-order valence-corrected chi connectivity index (χ0v) is 10.2. The average molecular weight is 241 g/mol. The second-order valence-corrected chi connectivity index (χ2v) is 3.43. The Morgan fingerprint density at radius 1 is 1.47 bits per heavy atom. The summed E-state index contributed by atoms with van der Waals surface area (Å²) in [6.45, 7) is 3.38. The molecular formula is C10H19N5O2. The number of hydrogen-bond acceptors (Lipinski definition) is 7. The fourth-order valence-corrected chi connectivity index (χ4v) is 1.59. The summed E-state index contributed by atoms with van der Waals surface area (Å²) < 4.78 is 5.25. The third kappa shape index (κ3) is 3.18. The fraction of sp³-hybridized carbons (Fsp3) is 0.600. The van der Waals surface area contributed by atoms with E-state index in [0.717, 1.165) is 13.0 Å². The van der Waals surface area contributed by atoms with Crippen LogP contribution in [0.1, 0.15) is 13.3 Å². The Morgan fingerprint density at radius 2 is 2.24 bits per heavy atom. The van der Waals surface area contributed by atoms with E-state index in [1.807, 2.05) is 4.90 Å². The molecule has 0 atom stereocenters. The standard InChI is InChI=1S/C10H19N5O2/c1-3-4-15(5-6-16)10-8(17-2)9(14-11)12-7-13-10/h7,16H,3-6,11H2,1-2H3,(H,12,13,14).